The van der Waals surface area contributed by atoms with Gasteiger partial charge in [-0.2, -0.15) is 0 Å². The molecule has 0 bridgehead atoms. The van der Waals surface area contributed by atoms with Gasteiger partial charge >= 0.3 is 5.63 Å². The maximum absolute atomic E-state index is 12.2. The van der Waals surface area contributed by atoms with Gasteiger partial charge in [0.25, 0.3) is 5.91 Å². The molecule has 6 heteroatoms. The van der Waals surface area contributed by atoms with E-state index < -0.39 is 5.63 Å². The minimum atomic E-state index is -0.441. The molecule has 1 heterocycles. The van der Waals surface area contributed by atoms with Gasteiger partial charge in [-0.05, 0) is 43.9 Å². The second-order valence-corrected chi connectivity index (χ2v) is 7.22. The highest BCUT2D eigenvalue weighted by atomic mass is 35.5. The highest BCUT2D eigenvalue weighted by Gasteiger charge is 2.12. The molecule has 1 atom stereocenters. The van der Waals surface area contributed by atoms with Crippen LogP contribution in [0.1, 0.15) is 24.5 Å². The number of benzene rings is 2. The minimum Gasteiger partial charge on any atom is -0.482 e. The van der Waals surface area contributed by atoms with E-state index in [-0.39, 0.29) is 18.6 Å². The second-order valence-electron chi connectivity index (χ2n) is 6.81. The molecule has 0 radical (unpaired) electrons. The monoisotopic (exact) mass is 399 g/mol. The number of amides is 1. The van der Waals surface area contributed by atoms with Crippen LogP contribution in [0.5, 0.6) is 5.75 Å². The van der Waals surface area contributed by atoms with E-state index in [2.05, 4.69) is 17.4 Å². The van der Waals surface area contributed by atoms with Crippen LogP contribution in [0.3, 0.4) is 0 Å². The van der Waals surface area contributed by atoms with Gasteiger partial charge in [-0.3, -0.25) is 4.79 Å². The summed E-state index contributed by atoms with van der Waals surface area (Å²) in [5, 5.41) is 4.00. The van der Waals surface area contributed by atoms with Crippen LogP contribution in [0.2, 0.25) is 5.02 Å². The molecule has 0 fully saturated rings. The molecule has 1 N–H and O–H groups in total. The number of carbonyl (C=O) groups excluding carboxylic acids is 1. The van der Waals surface area contributed by atoms with Crippen molar-refractivity contribution in [1.82, 2.24) is 5.32 Å². The Balaban J connectivity index is 1.56. The summed E-state index contributed by atoms with van der Waals surface area (Å²) in [5.74, 6) is 0.0671. The lowest BCUT2D eigenvalue weighted by Gasteiger charge is -2.15. The van der Waals surface area contributed by atoms with Crippen LogP contribution < -0.4 is 15.7 Å². The number of hydrogen-bond acceptors (Lipinski definition) is 4. The number of rotatable bonds is 7. The van der Waals surface area contributed by atoms with E-state index in [0.717, 1.165) is 23.8 Å². The van der Waals surface area contributed by atoms with Gasteiger partial charge in [-0.1, -0.05) is 41.9 Å². The van der Waals surface area contributed by atoms with Gasteiger partial charge in [-0.25, -0.2) is 4.79 Å². The number of halogens is 1. The molecule has 0 spiro atoms. The fourth-order valence-corrected chi connectivity index (χ4v) is 3.21. The van der Waals surface area contributed by atoms with E-state index >= 15 is 0 Å². The topological polar surface area (TPSA) is 68.5 Å². The molecule has 1 unspecified atom stereocenters. The molecule has 0 saturated carbocycles. The highest BCUT2D eigenvalue weighted by molar-refractivity contribution is 6.32. The van der Waals surface area contributed by atoms with Crippen LogP contribution in [0.4, 0.5) is 0 Å². The molecular weight excluding hydrogens is 378 g/mol. The fourth-order valence-electron chi connectivity index (χ4n) is 2.99. The second kappa shape index (κ2) is 8.93. The summed E-state index contributed by atoms with van der Waals surface area (Å²) in [5.41, 5.74) is 1.94. The molecule has 0 aliphatic carbocycles. The van der Waals surface area contributed by atoms with Crippen molar-refractivity contribution in [3.05, 3.63) is 75.1 Å². The van der Waals surface area contributed by atoms with Crippen LogP contribution in [0.15, 0.2) is 57.7 Å². The molecule has 3 aromatic rings. The lowest BCUT2D eigenvalue weighted by atomic mass is 10.1. The lowest BCUT2D eigenvalue weighted by Crippen LogP contribution is -2.36. The summed E-state index contributed by atoms with van der Waals surface area (Å²) in [6.45, 7) is 3.60. The van der Waals surface area contributed by atoms with Gasteiger partial charge in [0.05, 0.1) is 5.02 Å². The number of carbonyl (C=O) groups is 1. The van der Waals surface area contributed by atoms with Gasteiger partial charge in [0, 0.05) is 23.6 Å². The first-order chi connectivity index (χ1) is 13.4. The Bertz CT molecular complexity index is 1030. The van der Waals surface area contributed by atoms with Gasteiger partial charge in [0.1, 0.15) is 11.3 Å². The van der Waals surface area contributed by atoms with Crippen molar-refractivity contribution in [2.75, 3.05) is 6.61 Å². The zero-order valence-corrected chi connectivity index (χ0v) is 16.6. The van der Waals surface area contributed by atoms with E-state index in [1.165, 1.54) is 17.7 Å². The Morgan fingerprint density at radius 1 is 1.21 bits per heavy atom. The SMILES string of the molecule is Cc1cc(=O)oc2cc(OCC(=O)NC(C)CCc3ccccc3)c(Cl)cc12. The minimum absolute atomic E-state index is 0.0176. The molecule has 0 aliphatic heterocycles. The molecule has 0 aliphatic rings. The summed E-state index contributed by atoms with van der Waals surface area (Å²) in [6.07, 6.45) is 1.72. The largest absolute Gasteiger partial charge is 0.482 e. The Morgan fingerprint density at radius 3 is 2.71 bits per heavy atom. The molecule has 146 valence electrons. The van der Waals surface area contributed by atoms with Crippen molar-refractivity contribution in [3.63, 3.8) is 0 Å². The first-order valence-electron chi connectivity index (χ1n) is 9.12. The van der Waals surface area contributed by atoms with E-state index in [1.54, 1.807) is 13.0 Å². The van der Waals surface area contributed by atoms with Crippen LogP contribution in [0, 0.1) is 6.92 Å². The van der Waals surface area contributed by atoms with Crippen molar-refractivity contribution >= 4 is 28.5 Å². The van der Waals surface area contributed by atoms with Crippen molar-refractivity contribution in [3.8, 4) is 5.75 Å². The maximum atomic E-state index is 12.2. The molecule has 0 saturated heterocycles. The molecule has 1 aromatic heterocycles. The third kappa shape index (κ3) is 5.14. The maximum Gasteiger partial charge on any atom is 0.336 e. The van der Waals surface area contributed by atoms with Crippen LogP contribution in [-0.2, 0) is 11.2 Å². The summed E-state index contributed by atoms with van der Waals surface area (Å²) in [6, 6.07) is 14.8. The highest BCUT2D eigenvalue weighted by Crippen LogP contribution is 2.30. The molecule has 5 nitrogen and oxygen atoms in total. The molecule has 1 amide bonds. The predicted molar refractivity (Wildman–Crippen MR) is 110 cm³/mol. The van der Waals surface area contributed by atoms with Crippen molar-refractivity contribution in [2.45, 2.75) is 32.7 Å². The zero-order valence-electron chi connectivity index (χ0n) is 15.8. The standard InChI is InChI=1S/C22H22ClNO4/c1-14-10-22(26)28-19-12-20(18(23)11-17(14)19)27-13-21(25)24-15(2)8-9-16-6-4-3-5-7-16/h3-7,10-12,15H,8-9,13H2,1-2H3,(H,24,25). The first-order valence-corrected chi connectivity index (χ1v) is 9.50. The van der Waals surface area contributed by atoms with Gasteiger partial charge in [0.2, 0.25) is 0 Å². The Kier molecular flexibility index (Phi) is 6.37. The number of aryl methyl sites for hydroxylation is 2. The predicted octanol–water partition coefficient (Wildman–Crippen LogP) is 4.27. The third-order valence-electron chi connectivity index (χ3n) is 4.48. The molecule has 2 aromatic carbocycles. The van der Waals surface area contributed by atoms with Crippen molar-refractivity contribution in [1.29, 1.82) is 0 Å². The molecule has 3 rings (SSSR count). The summed E-state index contributed by atoms with van der Waals surface area (Å²) in [7, 11) is 0. The van der Waals surface area contributed by atoms with Gasteiger partial charge in [0.15, 0.2) is 6.61 Å². The van der Waals surface area contributed by atoms with E-state index in [4.69, 9.17) is 20.8 Å². The quantitative estimate of drug-likeness (QED) is 0.602. The van der Waals surface area contributed by atoms with Gasteiger partial charge in [-0.15, -0.1) is 0 Å². The number of fused-ring (bicyclic) bond motifs is 1. The number of nitrogens with one attached hydrogen (secondary N) is 1. The first kappa shape index (κ1) is 20.0. The average molecular weight is 400 g/mol. The fraction of sp³-hybridized carbons (Fsp3) is 0.273. The van der Waals surface area contributed by atoms with E-state index in [1.807, 2.05) is 25.1 Å². The Labute approximate surface area is 168 Å². The number of ether oxygens (including phenoxy) is 1. The third-order valence-corrected chi connectivity index (χ3v) is 4.77. The summed E-state index contributed by atoms with van der Waals surface area (Å²) in [4.78, 5) is 23.7. The van der Waals surface area contributed by atoms with E-state index in [9.17, 15) is 9.59 Å². The zero-order chi connectivity index (χ0) is 20.1. The molecule has 28 heavy (non-hydrogen) atoms. The summed E-state index contributed by atoms with van der Waals surface area (Å²) < 4.78 is 10.7. The smallest absolute Gasteiger partial charge is 0.336 e. The number of hydrogen-bond donors (Lipinski definition) is 1. The van der Waals surface area contributed by atoms with Crippen molar-refractivity contribution < 1.29 is 13.9 Å². The van der Waals surface area contributed by atoms with Gasteiger partial charge < -0.3 is 14.5 Å². The average Bonchev–Trinajstić information content (AvgIpc) is 2.66. The molecular formula is C22H22ClNO4. The van der Waals surface area contributed by atoms with E-state index in [0.29, 0.717) is 16.4 Å². The summed E-state index contributed by atoms with van der Waals surface area (Å²) >= 11 is 6.25. The Hall–Kier alpha value is -2.79. The lowest BCUT2D eigenvalue weighted by molar-refractivity contribution is -0.123. The van der Waals surface area contributed by atoms with Crippen LogP contribution in [-0.4, -0.2) is 18.6 Å². The Morgan fingerprint density at radius 2 is 1.96 bits per heavy atom. The van der Waals surface area contributed by atoms with Crippen LogP contribution >= 0.6 is 11.6 Å². The van der Waals surface area contributed by atoms with Crippen molar-refractivity contribution in [2.24, 2.45) is 0 Å². The van der Waals surface area contributed by atoms with Crippen LogP contribution in [0.25, 0.3) is 11.0 Å². The normalized spacial score (nSPS) is 12.0.